The molecule has 4 rings (SSSR count). The number of aliphatic imine (C=N–C) groups is 1. The third-order valence-corrected chi connectivity index (χ3v) is 5.49. The molecule has 2 aromatic rings. The lowest BCUT2D eigenvalue weighted by Gasteiger charge is -2.42. The van der Waals surface area contributed by atoms with Crippen molar-refractivity contribution in [1.29, 1.82) is 0 Å². The van der Waals surface area contributed by atoms with E-state index in [1.165, 1.54) is 16.7 Å². The van der Waals surface area contributed by atoms with E-state index in [-0.39, 0.29) is 11.1 Å². The number of fused-ring (bicyclic) bond motifs is 1. The molecule has 1 N–H and O–H groups in total. The topological polar surface area (TPSA) is 59.4 Å². The average molecular weight is 322 g/mol. The number of hydrogen-bond acceptors (Lipinski definition) is 4. The van der Waals surface area contributed by atoms with E-state index < -0.39 is 0 Å². The second-order valence-corrected chi connectivity index (χ2v) is 7.10. The summed E-state index contributed by atoms with van der Waals surface area (Å²) in [6.07, 6.45) is 8.27. The van der Waals surface area contributed by atoms with Gasteiger partial charge >= 0.3 is 0 Å². The van der Waals surface area contributed by atoms with E-state index in [1.807, 2.05) is 12.4 Å². The third kappa shape index (κ3) is 2.19. The van der Waals surface area contributed by atoms with Crippen LogP contribution in [-0.2, 0) is 17.6 Å². The fraction of sp³-hybridized carbons (Fsp3) is 0.421. The summed E-state index contributed by atoms with van der Waals surface area (Å²) in [5.41, 5.74) is 4.69. The third-order valence-electron chi connectivity index (χ3n) is 5.49. The molecule has 1 aliphatic carbocycles. The Morgan fingerprint density at radius 3 is 2.71 bits per heavy atom. The molecule has 1 fully saturated rings. The SMILES string of the molecule is CN=C1NC2(CCc3c(cccc3-c3cncnc3)C2)C(C)(C)O1. The van der Waals surface area contributed by atoms with Crippen molar-refractivity contribution in [3.63, 3.8) is 0 Å². The molecular formula is C19H22N4O. The molecule has 0 saturated carbocycles. The lowest BCUT2D eigenvalue weighted by atomic mass is 9.69. The standard InChI is InChI=1S/C19H22N4O/c1-18(2)19(23-17(20-3)24-18)8-7-16-13(9-19)5-4-6-15(16)14-10-21-12-22-11-14/h4-6,10-12H,7-9H2,1-3H3,(H,20,23). The Hall–Kier alpha value is -2.43. The van der Waals surface area contributed by atoms with Gasteiger partial charge in [-0.15, -0.1) is 0 Å². The summed E-state index contributed by atoms with van der Waals surface area (Å²) in [4.78, 5) is 12.6. The van der Waals surface area contributed by atoms with Crippen LogP contribution < -0.4 is 5.32 Å². The molecule has 1 atom stereocenters. The van der Waals surface area contributed by atoms with Gasteiger partial charge in [0.05, 0.1) is 5.54 Å². The Bertz CT molecular complexity index is 800. The normalized spacial score (nSPS) is 26.0. The van der Waals surface area contributed by atoms with Crippen molar-refractivity contribution < 1.29 is 4.74 Å². The van der Waals surface area contributed by atoms with E-state index in [0.29, 0.717) is 6.02 Å². The van der Waals surface area contributed by atoms with Crippen LogP contribution >= 0.6 is 0 Å². The van der Waals surface area contributed by atoms with Crippen molar-refractivity contribution in [3.8, 4) is 11.1 Å². The minimum atomic E-state index is -0.286. The molecule has 5 heteroatoms. The van der Waals surface area contributed by atoms with E-state index in [2.05, 4.69) is 52.3 Å². The first-order chi connectivity index (χ1) is 11.5. The Balaban J connectivity index is 1.75. The van der Waals surface area contributed by atoms with Crippen LogP contribution in [0.15, 0.2) is 41.9 Å². The van der Waals surface area contributed by atoms with Crippen molar-refractivity contribution >= 4 is 6.02 Å². The molecule has 1 aromatic heterocycles. The van der Waals surface area contributed by atoms with Crippen LogP contribution in [-0.4, -0.2) is 34.2 Å². The second-order valence-electron chi connectivity index (χ2n) is 7.10. The van der Waals surface area contributed by atoms with Gasteiger partial charge in [-0.3, -0.25) is 0 Å². The first-order valence-corrected chi connectivity index (χ1v) is 8.35. The molecule has 2 aliphatic rings. The van der Waals surface area contributed by atoms with Crippen LogP contribution in [0.4, 0.5) is 0 Å². The number of nitrogens with zero attached hydrogens (tertiary/aromatic N) is 3. The highest BCUT2D eigenvalue weighted by molar-refractivity contribution is 5.78. The van der Waals surface area contributed by atoms with E-state index in [4.69, 9.17) is 4.74 Å². The summed E-state index contributed by atoms with van der Waals surface area (Å²) >= 11 is 0. The average Bonchev–Trinajstić information content (AvgIpc) is 2.85. The smallest absolute Gasteiger partial charge is 0.285 e. The van der Waals surface area contributed by atoms with Crippen molar-refractivity contribution in [3.05, 3.63) is 48.0 Å². The molecule has 0 bridgehead atoms. The lowest BCUT2D eigenvalue weighted by Crippen LogP contribution is -2.57. The van der Waals surface area contributed by atoms with Crippen LogP contribution in [0.2, 0.25) is 0 Å². The number of aromatic nitrogens is 2. The van der Waals surface area contributed by atoms with Crippen LogP contribution in [0.5, 0.6) is 0 Å². The molecule has 1 spiro atoms. The number of benzene rings is 1. The molecule has 0 radical (unpaired) electrons. The van der Waals surface area contributed by atoms with Crippen molar-refractivity contribution in [2.75, 3.05) is 7.05 Å². The monoisotopic (exact) mass is 322 g/mol. The zero-order valence-electron chi connectivity index (χ0n) is 14.3. The summed E-state index contributed by atoms with van der Waals surface area (Å²) in [5.74, 6) is 0. The number of rotatable bonds is 1. The van der Waals surface area contributed by atoms with Gasteiger partial charge in [0.1, 0.15) is 11.9 Å². The molecule has 0 amide bonds. The maximum Gasteiger partial charge on any atom is 0.285 e. The molecule has 1 aromatic carbocycles. The van der Waals surface area contributed by atoms with Gasteiger partial charge in [-0.05, 0) is 49.8 Å². The molecule has 124 valence electrons. The predicted molar refractivity (Wildman–Crippen MR) is 93.9 cm³/mol. The summed E-state index contributed by atoms with van der Waals surface area (Å²) in [7, 11) is 1.77. The fourth-order valence-corrected chi connectivity index (χ4v) is 4.00. The van der Waals surface area contributed by atoms with E-state index in [9.17, 15) is 0 Å². The molecule has 2 heterocycles. The number of hydrogen-bond donors (Lipinski definition) is 1. The van der Waals surface area contributed by atoms with Gasteiger partial charge in [0.2, 0.25) is 0 Å². The first-order valence-electron chi connectivity index (χ1n) is 8.35. The van der Waals surface area contributed by atoms with Crippen LogP contribution in [0.3, 0.4) is 0 Å². The summed E-state index contributed by atoms with van der Waals surface area (Å²) in [6.45, 7) is 4.30. The molecular weight excluding hydrogens is 300 g/mol. The highest BCUT2D eigenvalue weighted by Gasteiger charge is 2.54. The van der Waals surface area contributed by atoms with Gasteiger partial charge in [-0.2, -0.15) is 0 Å². The number of amidine groups is 1. The first kappa shape index (κ1) is 15.1. The van der Waals surface area contributed by atoms with Gasteiger partial charge in [-0.1, -0.05) is 18.2 Å². The van der Waals surface area contributed by atoms with Gasteiger partial charge in [0, 0.05) is 25.0 Å². The zero-order chi connectivity index (χ0) is 16.8. The van der Waals surface area contributed by atoms with Gasteiger partial charge in [-0.25, -0.2) is 15.0 Å². The summed E-state index contributed by atoms with van der Waals surface area (Å²) in [5, 5.41) is 3.55. The van der Waals surface area contributed by atoms with E-state index in [0.717, 1.165) is 24.8 Å². The van der Waals surface area contributed by atoms with Crippen LogP contribution in [0, 0.1) is 0 Å². The van der Waals surface area contributed by atoms with Gasteiger partial charge < -0.3 is 10.1 Å². The molecule has 24 heavy (non-hydrogen) atoms. The summed E-state index contributed by atoms with van der Waals surface area (Å²) in [6, 6.07) is 7.16. The minimum Gasteiger partial charge on any atom is -0.457 e. The molecule has 1 saturated heterocycles. The Morgan fingerprint density at radius 1 is 1.21 bits per heavy atom. The number of nitrogens with one attached hydrogen (secondary N) is 1. The lowest BCUT2D eigenvalue weighted by molar-refractivity contribution is 0.0418. The maximum absolute atomic E-state index is 6.04. The summed E-state index contributed by atoms with van der Waals surface area (Å²) < 4.78 is 6.04. The Kier molecular flexibility index (Phi) is 3.34. The maximum atomic E-state index is 6.04. The molecule has 1 unspecified atom stereocenters. The van der Waals surface area contributed by atoms with Gasteiger partial charge in [0.25, 0.3) is 6.02 Å². The highest BCUT2D eigenvalue weighted by Crippen LogP contribution is 2.43. The van der Waals surface area contributed by atoms with Crippen molar-refractivity contribution in [2.45, 2.75) is 44.2 Å². The predicted octanol–water partition coefficient (Wildman–Crippen LogP) is 2.76. The Labute approximate surface area is 142 Å². The Morgan fingerprint density at radius 2 is 2.00 bits per heavy atom. The van der Waals surface area contributed by atoms with Crippen LogP contribution in [0.25, 0.3) is 11.1 Å². The van der Waals surface area contributed by atoms with E-state index in [1.54, 1.807) is 13.4 Å². The second kappa shape index (κ2) is 5.30. The zero-order valence-corrected chi connectivity index (χ0v) is 14.3. The van der Waals surface area contributed by atoms with Gasteiger partial charge in [0.15, 0.2) is 0 Å². The number of ether oxygens (including phenoxy) is 1. The largest absolute Gasteiger partial charge is 0.457 e. The van der Waals surface area contributed by atoms with Crippen LogP contribution in [0.1, 0.15) is 31.4 Å². The fourth-order valence-electron chi connectivity index (χ4n) is 4.00. The van der Waals surface area contributed by atoms with Crippen molar-refractivity contribution in [2.24, 2.45) is 4.99 Å². The minimum absolute atomic E-state index is 0.110. The van der Waals surface area contributed by atoms with E-state index >= 15 is 0 Å². The highest BCUT2D eigenvalue weighted by atomic mass is 16.5. The molecule has 1 aliphatic heterocycles. The molecule has 5 nitrogen and oxygen atoms in total. The van der Waals surface area contributed by atoms with Crippen molar-refractivity contribution in [1.82, 2.24) is 15.3 Å². The quantitative estimate of drug-likeness (QED) is 0.877.